The lowest BCUT2D eigenvalue weighted by Gasteiger charge is -2.26. The molecule has 0 saturated carbocycles. The van der Waals surface area contributed by atoms with Crippen molar-refractivity contribution in [3.05, 3.63) is 58.1 Å². The number of halogens is 3. The normalized spacial score (nSPS) is 15.4. The minimum absolute atomic E-state index is 0.00287. The van der Waals surface area contributed by atoms with Crippen LogP contribution in [0.2, 0.25) is 0 Å². The second-order valence-electron chi connectivity index (χ2n) is 6.47. The predicted octanol–water partition coefficient (Wildman–Crippen LogP) is 3.37. The number of nitro benzene ring substituents is 1. The summed E-state index contributed by atoms with van der Waals surface area (Å²) in [6.45, 7) is 0.476. The summed E-state index contributed by atoms with van der Waals surface area (Å²) in [7, 11) is 0. The van der Waals surface area contributed by atoms with Crippen LogP contribution >= 0.6 is 0 Å². The third-order valence-corrected chi connectivity index (χ3v) is 4.28. The van der Waals surface area contributed by atoms with Crippen LogP contribution in [0, 0.1) is 10.1 Å². The second kappa shape index (κ2) is 8.89. The zero-order valence-electron chi connectivity index (χ0n) is 15.6. The van der Waals surface area contributed by atoms with Gasteiger partial charge in [-0.1, -0.05) is 12.1 Å². The summed E-state index contributed by atoms with van der Waals surface area (Å²) >= 11 is 0. The first-order chi connectivity index (χ1) is 14.2. The Morgan fingerprint density at radius 3 is 2.63 bits per heavy atom. The lowest BCUT2D eigenvalue weighted by Crippen LogP contribution is -2.41. The summed E-state index contributed by atoms with van der Waals surface area (Å²) in [5, 5.41) is 16.4. The average Bonchev–Trinajstić information content (AvgIpc) is 2.71. The number of hydrogen-bond donors (Lipinski definition) is 2. The highest BCUT2D eigenvalue weighted by Crippen LogP contribution is 2.35. The van der Waals surface area contributed by atoms with Crippen LogP contribution in [0.25, 0.3) is 0 Å². The van der Waals surface area contributed by atoms with Gasteiger partial charge in [-0.3, -0.25) is 14.9 Å². The SMILES string of the molecule is O=C(CCNc1ccc(C(F)(F)F)cc1[N+](=O)[O-])NCC1COc2ccccc2O1. The Hall–Kier alpha value is -3.50. The minimum atomic E-state index is -4.69. The number of benzene rings is 2. The number of anilines is 1. The number of hydrogen-bond acceptors (Lipinski definition) is 6. The number of ether oxygens (including phenoxy) is 2. The third-order valence-electron chi connectivity index (χ3n) is 4.28. The molecule has 2 N–H and O–H groups in total. The van der Waals surface area contributed by atoms with Crippen molar-refractivity contribution in [2.45, 2.75) is 18.7 Å². The number of nitrogens with zero attached hydrogens (tertiary/aromatic N) is 1. The Morgan fingerprint density at radius 2 is 1.93 bits per heavy atom. The Labute approximate surface area is 169 Å². The van der Waals surface area contributed by atoms with Gasteiger partial charge in [0.15, 0.2) is 11.5 Å². The highest BCUT2D eigenvalue weighted by atomic mass is 19.4. The molecule has 0 fully saturated rings. The molecule has 0 aliphatic carbocycles. The van der Waals surface area contributed by atoms with Crippen LogP contribution in [-0.2, 0) is 11.0 Å². The number of nitro groups is 1. The van der Waals surface area contributed by atoms with Gasteiger partial charge in [-0.15, -0.1) is 0 Å². The number of carbonyl (C=O) groups is 1. The van der Waals surface area contributed by atoms with Gasteiger partial charge in [-0.05, 0) is 24.3 Å². The fourth-order valence-electron chi connectivity index (χ4n) is 2.80. The fraction of sp³-hybridized carbons (Fsp3) is 0.316. The summed E-state index contributed by atoms with van der Waals surface area (Å²) in [5.74, 6) is 0.862. The first-order valence-electron chi connectivity index (χ1n) is 8.98. The zero-order valence-corrected chi connectivity index (χ0v) is 15.6. The summed E-state index contributed by atoms with van der Waals surface area (Å²) < 4.78 is 49.4. The molecule has 1 heterocycles. The molecular weight excluding hydrogens is 407 g/mol. The number of rotatable bonds is 7. The summed E-state index contributed by atoms with van der Waals surface area (Å²) in [6.07, 6.45) is -5.09. The summed E-state index contributed by atoms with van der Waals surface area (Å²) in [6, 6.07) is 9.33. The van der Waals surface area contributed by atoms with Gasteiger partial charge in [-0.25, -0.2) is 0 Å². The standard InChI is InChI=1S/C19H18F3N3O5/c20-19(21,22)12-5-6-14(15(9-12)25(27)28)23-8-7-18(26)24-10-13-11-29-16-3-1-2-4-17(16)30-13/h1-6,9,13,23H,7-8,10-11H2,(H,24,26). The topological polar surface area (TPSA) is 103 Å². The number of fused-ring (bicyclic) bond motifs is 1. The molecule has 8 nitrogen and oxygen atoms in total. The second-order valence-corrected chi connectivity index (χ2v) is 6.47. The van der Waals surface area contributed by atoms with Gasteiger partial charge in [0.25, 0.3) is 5.69 Å². The van der Waals surface area contributed by atoms with Gasteiger partial charge in [0.2, 0.25) is 5.91 Å². The smallest absolute Gasteiger partial charge is 0.416 e. The van der Waals surface area contributed by atoms with E-state index < -0.39 is 22.4 Å². The van der Waals surface area contributed by atoms with E-state index in [1.54, 1.807) is 18.2 Å². The Morgan fingerprint density at radius 1 is 1.20 bits per heavy atom. The van der Waals surface area contributed by atoms with Gasteiger partial charge in [0, 0.05) is 19.0 Å². The van der Waals surface area contributed by atoms with Crippen molar-refractivity contribution in [2.24, 2.45) is 0 Å². The van der Waals surface area contributed by atoms with Crippen molar-refractivity contribution in [2.75, 3.05) is 25.0 Å². The molecule has 160 valence electrons. The van der Waals surface area contributed by atoms with Gasteiger partial charge >= 0.3 is 6.18 Å². The molecule has 1 amide bonds. The van der Waals surface area contributed by atoms with Crippen molar-refractivity contribution in [1.29, 1.82) is 0 Å². The molecule has 0 bridgehead atoms. The van der Waals surface area contributed by atoms with E-state index in [2.05, 4.69) is 10.6 Å². The van der Waals surface area contributed by atoms with Crippen LogP contribution in [0.1, 0.15) is 12.0 Å². The molecule has 0 saturated heterocycles. The molecule has 3 rings (SSSR count). The zero-order chi connectivity index (χ0) is 21.7. The van der Waals surface area contributed by atoms with Crippen LogP contribution in [0.5, 0.6) is 11.5 Å². The van der Waals surface area contributed by atoms with E-state index in [1.807, 2.05) is 6.07 Å². The molecule has 1 aliphatic rings. The molecule has 11 heteroatoms. The molecule has 2 aromatic rings. The Kier molecular flexibility index (Phi) is 6.28. The molecule has 0 radical (unpaired) electrons. The first kappa shape index (κ1) is 21.2. The summed E-state index contributed by atoms with van der Waals surface area (Å²) in [5.41, 5.74) is -1.92. The fourth-order valence-corrected chi connectivity index (χ4v) is 2.80. The van der Waals surface area contributed by atoms with Crippen molar-refractivity contribution in [3.63, 3.8) is 0 Å². The van der Waals surface area contributed by atoms with Crippen LogP contribution in [0.15, 0.2) is 42.5 Å². The number of carbonyl (C=O) groups excluding carboxylic acids is 1. The number of alkyl halides is 3. The van der Waals surface area contributed by atoms with Crippen molar-refractivity contribution in [3.8, 4) is 11.5 Å². The van der Waals surface area contributed by atoms with Crippen molar-refractivity contribution >= 4 is 17.3 Å². The largest absolute Gasteiger partial charge is 0.486 e. The van der Waals surface area contributed by atoms with E-state index >= 15 is 0 Å². The van der Waals surface area contributed by atoms with Crippen molar-refractivity contribution in [1.82, 2.24) is 5.32 Å². The molecule has 2 aromatic carbocycles. The predicted molar refractivity (Wildman–Crippen MR) is 101 cm³/mol. The molecule has 1 atom stereocenters. The van der Waals surface area contributed by atoms with Crippen LogP contribution in [0.4, 0.5) is 24.5 Å². The van der Waals surface area contributed by atoms with Crippen LogP contribution in [-0.4, -0.2) is 36.6 Å². The maximum atomic E-state index is 12.7. The monoisotopic (exact) mass is 425 g/mol. The number of amides is 1. The van der Waals surface area contributed by atoms with Gasteiger partial charge in [-0.2, -0.15) is 13.2 Å². The van der Waals surface area contributed by atoms with Crippen LogP contribution < -0.4 is 20.1 Å². The molecule has 0 spiro atoms. The highest BCUT2D eigenvalue weighted by molar-refractivity contribution is 5.76. The average molecular weight is 425 g/mol. The van der Waals surface area contributed by atoms with Gasteiger partial charge in [0.1, 0.15) is 18.4 Å². The molecule has 1 unspecified atom stereocenters. The molecular formula is C19H18F3N3O5. The minimum Gasteiger partial charge on any atom is -0.486 e. The lowest BCUT2D eigenvalue weighted by molar-refractivity contribution is -0.384. The number of nitrogens with one attached hydrogen (secondary N) is 2. The van der Waals surface area contributed by atoms with E-state index in [-0.39, 0.29) is 43.8 Å². The molecule has 0 aromatic heterocycles. The summed E-state index contributed by atoms with van der Waals surface area (Å²) in [4.78, 5) is 22.1. The maximum Gasteiger partial charge on any atom is 0.416 e. The molecule has 1 aliphatic heterocycles. The quantitative estimate of drug-likeness (QED) is 0.521. The van der Waals surface area contributed by atoms with E-state index in [9.17, 15) is 28.1 Å². The van der Waals surface area contributed by atoms with Crippen molar-refractivity contribution < 1.29 is 32.4 Å². The van der Waals surface area contributed by atoms with E-state index in [0.717, 1.165) is 12.1 Å². The van der Waals surface area contributed by atoms with E-state index in [0.29, 0.717) is 17.6 Å². The van der Waals surface area contributed by atoms with E-state index in [4.69, 9.17) is 9.47 Å². The Balaban J connectivity index is 1.47. The third kappa shape index (κ3) is 5.31. The number of para-hydroxylation sites is 2. The first-order valence-corrected chi connectivity index (χ1v) is 8.98. The Bertz CT molecular complexity index is 936. The van der Waals surface area contributed by atoms with Gasteiger partial charge < -0.3 is 20.1 Å². The lowest BCUT2D eigenvalue weighted by atomic mass is 10.1. The maximum absolute atomic E-state index is 12.7. The van der Waals surface area contributed by atoms with E-state index in [1.165, 1.54) is 0 Å². The molecule has 30 heavy (non-hydrogen) atoms. The van der Waals surface area contributed by atoms with Crippen LogP contribution in [0.3, 0.4) is 0 Å². The highest BCUT2D eigenvalue weighted by Gasteiger charge is 2.33. The van der Waals surface area contributed by atoms with Gasteiger partial charge in [0.05, 0.1) is 17.0 Å².